The third-order valence-electron chi connectivity index (χ3n) is 5.92. The Hall–Kier alpha value is -1.23. The van der Waals surface area contributed by atoms with E-state index in [2.05, 4.69) is 4.98 Å². The summed E-state index contributed by atoms with van der Waals surface area (Å²) in [5, 5.41) is 1.29. The highest BCUT2D eigenvalue weighted by atomic mass is 35.5. The first-order chi connectivity index (χ1) is 13.6. The van der Waals surface area contributed by atoms with Crippen LogP contribution in [0.1, 0.15) is 48.0 Å². The van der Waals surface area contributed by atoms with E-state index in [0.717, 1.165) is 35.9 Å². The van der Waals surface area contributed by atoms with Crippen molar-refractivity contribution in [3.05, 3.63) is 57.8 Å². The van der Waals surface area contributed by atoms with Crippen molar-refractivity contribution in [2.24, 2.45) is 11.8 Å². The Bertz CT molecular complexity index is 840. The summed E-state index contributed by atoms with van der Waals surface area (Å²) in [4.78, 5) is 20.3. The molecule has 1 aromatic heterocycles. The highest BCUT2D eigenvalue weighted by Crippen LogP contribution is 2.37. The zero-order valence-electron chi connectivity index (χ0n) is 15.7. The number of hydrogen-bond donors (Lipinski definition) is 0. The van der Waals surface area contributed by atoms with Crippen molar-refractivity contribution in [1.29, 1.82) is 0 Å². The molecule has 0 radical (unpaired) electrons. The van der Waals surface area contributed by atoms with Gasteiger partial charge in [-0.1, -0.05) is 48.5 Å². The van der Waals surface area contributed by atoms with Crippen LogP contribution in [0.3, 0.4) is 0 Å². The van der Waals surface area contributed by atoms with Gasteiger partial charge < -0.3 is 4.90 Å². The van der Waals surface area contributed by atoms with Gasteiger partial charge in [0.05, 0.1) is 15.6 Å². The monoisotopic (exact) mass is 434 g/mol. The Morgan fingerprint density at radius 1 is 1.11 bits per heavy atom. The summed E-state index contributed by atoms with van der Waals surface area (Å²) in [7, 11) is 0. The van der Waals surface area contributed by atoms with Gasteiger partial charge >= 0.3 is 0 Å². The predicted molar refractivity (Wildman–Crippen MR) is 116 cm³/mol. The van der Waals surface area contributed by atoms with E-state index < -0.39 is 0 Å². The van der Waals surface area contributed by atoms with Gasteiger partial charge in [0.2, 0.25) is 0 Å². The number of fused-ring (bicyclic) bond motifs is 1. The quantitative estimate of drug-likeness (QED) is 0.526. The van der Waals surface area contributed by atoms with Crippen LogP contribution < -0.4 is 0 Å². The molecule has 1 saturated carbocycles. The summed E-state index contributed by atoms with van der Waals surface area (Å²) in [5.41, 5.74) is 1.68. The van der Waals surface area contributed by atoms with Crippen LogP contribution in [-0.4, -0.2) is 28.9 Å². The molecule has 0 bridgehead atoms. The van der Waals surface area contributed by atoms with Crippen LogP contribution in [0.15, 0.2) is 41.6 Å². The lowest BCUT2D eigenvalue weighted by atomic mass is 9.75. The average molecular weight is 435 g/mol. The third-order valence-corrected chi connectivity index (χ3v) is 7.98. The number of carbonyl (C=O) groups is 1. The maximum Gasteiger partial charge on any atom is 0.255 e. The molecule has 1 amide bonds. The number of halogens is 2. The fraction of sp³-hybridized carbons (Fsp3) is 0.455. The Balaban J connectivity index is 1.42. The summed E-state index contributed by atoms with van der Waals surface area (Å²) in [5.74, 6) is 2.28. The van der Waals surface area contributed by atoms with Crippen molar-refractivity contribution in [3.8, 4) is 0 Å². The maximum absolute atomic E-state index is 13.0. The summed E-state index contributed by atoms with van der Waals surface area (Å²) >= 11 is 14.1. The van der Waals surface area contributed by atoms with Crippen LogP contribution in [0, 0.1) is 11.8 Å². The fourth-order valence-electron chi connectivity index (χ4n) is 4.43. The molecule has 0 N–H and O–H groups in total. The zero-order valence-corrected chi connectivity index (χ0v) is 18.1. The number of likely N-dealkylation sites (tertiary alicyclic amines) is 1. The number of pyridine rings is 1. The largest absolute Gasteiger partial charge is 0.338 e. The summed E-state index contributed by atoms with van der Waals surface area (Å²) in [6, 6.07) is 7.47. The van der Waals surface area contributed by atoms with E-state index in [1.807, 2.05) is 35.4 Å². The molecule has 0 unspecified atom stereocenters. The molecule has 1 aliphatic carbocycles. The van der Waals surface area contributed by atoms with Gasteiger partial charge in [-0.2, -0.15) is 0 Å². The van der Waals surface area contributed by atoms with Gasteiger partial charge in [0.25, 0.3) is 5.91 Å². The highest BCUT2D eigenvalue weighted by molar-refractivity contribution is 7.98. The van der Waals surface area contributed by atoms with Gasteiger partial charge in [-0.05, 0) is 48.4 Å². The number of thioether (sulfide) groups is 1. The smallest absolute Gasteiger partial charge is 0.255 e. The van der Waals surface area contributed by atoms with Crippen molar-refractivity contribution in [3.63, 3.8) is 0 Å². The van der Waals surface area contributed by atoms with E-state index in [4.69, 9.17) is 23.2 Å². The second-order valence-corrected chi connectivity index (χ2v) is 9.57. The molecular weight excluding hydrogens is 411 g/mol. The minimum atomic E-state index is 0.110. The Morgan fingerprint density at radius 3 is 2.64 bits per heavy atom. The number of rotatable bonds is 4. The molecule has 0 spiro atoms. The van der Waals surface area contributed by atoms with Crippen LogP contribution >= 0.6 is 35.0 Å². The molecule has 1 aliphatic heterocycles. The molecule has 6 heteroatoms. The van der Waals surface area contributed by atoms with Gasteiger partial charge in [0.15, 0.2) is 0 Å². The summed E-state index contributed by atoms with van der Waals surface area (Å²) < 4.78 is 0. The molecular formula is C22H24Cl2N2OS. The van der Waals surface area contributed by atoms with E-state index in [-0.39, 0.29) is 5.91 Å². The lowest BCUT2D eigenvalue weighted by molar-refractivity contribution is 0.0520. The Kier molecular flexibility index (Phi) is 6.49. The van der Waals surface area contributed by atoms with E-state index in [1.165, 1.54) is 25.7 Å². The maximum atomic E-state index is 13.0. The molecule has 2 heterocycles. The lowest BCUT2D eigenvalue weighted by Crippen LogP contribution is -2.44. The van der Waals surface area contributed by atoms with Crippen molar-refractivity contribution in [2.75, 3.05) is 13.1 Å². The second-order valence-electron chi connectivity index (χ2n) is 7.77. The van der Waals surface area contributed by atoms with Gasteiger partial charge in [-0.3, -0.25) is 9.78 Å². The van der Waals surface area contributed by atoms with E-state index in [0.29, 0.717) is 27.3 Å². The minimum absolute atomic E-state index is 0.110. The van der Waals surface area contributed by atoms with Crippen LogP contribution in [0.5, 0.6) is 0 Å². The first kappa shape index (κ1) is 20.1. The van der Waals surface area contributed by atoms with Crippen molar-refractivity contribution >= 4 is 40.9 Å². The minimum Gasteiger partial charge on any atom is -0.338 e. The molecule has 2 aliphatic rings. The van der Waals surface area contributed by atoms with Crippen molar-refractivity contribution in [1.82, 2.24) is 9.88 Å². The van der Waals surface area contributed by atoms with Crippen LogP contribution in [0.4, 0.5) is 0 Å². The predicted octanol–water partition coefficient (Wildman–Crippen LogP) is 6.33. The molecule has 2 aromatic rings. The molecule has 3 nitrogen and oxygen atoms in total. The van der Waals surface area contributed by atoms with Crippen LogP contribution in [-0.2, 0) is 5.75 Å². The topological polar surface area (TPSA) is 33.2 Å². The average Bonchev–Trinajstić information content (AvgIpc) is 2.73. The normalized spacial score (nSPS) is 22.0. The highest BCUT2D eigenvalue weighted by Gasteiger charge is 2.33. The lowest BCUT2D eigenvalue weighted by Gasteiger charge is -2.41. The Morgan fingerprint density at radius 2 is 1.86 bits per heavy atom. The number of piperidine rings is 1. The second kappa shape index (κ2) is 9.06. The van der Waals surface area contributed by atoms with Gasteiger partial charge in [-0.25, -0.2) is 0 Å². The molecule has 28 heavy (non-hydrogen) atoms. The fourth-order valence-corrected chi connectivity index (χ4v) is 6.03. The van der Waals surface area contributed by atoms with E-state index >= 15 is 0 Å². The van der Waals surface area contributed by atoms with Gasteiger partial charge in [-0.15, -0.1) is 11.8 Å². The molecule has 2 atom stereocenters. The third kappa shape index (κ3) is 4.50. The Labute approximate surface area is 180 Å². The zero-order chi connectivity index (χ0) is 19.5. The van der Waals surface area contributed by atoms with Crippen molar-refractivity contribution in [2.45, 2.75) is 42.8 Å². The van der Waals surface area contributed by atoms with Gasteiger partial charge in [0, 0.05) is 36.1 Å². The molecule has 1 saturated heterocycles. The summed E-state index contributed by atoms with van der Waals surface area (Å²) in [6.45, 7) is 1.77. The number of hydrogen-bond acceptors (Lipinski definition) is 3. The van der Waals surface area contributed by atoms with Crippen LogP contribution in [0.25, 0.3) is 0 Å². The first-order valence-electron chi connectivity index (χ1n) is 9.92. The molecule has 1 aromatic carbocycles. The van der Waals surface area contributed by atoms with Gasteiger partial charge in [0.1, 0.15) is 0 Å². The molecule has 2 fully saturated rings. The van der Waals surface area contributed by atoms with E-state index in [9.17, 15) is 4.79 Å². The molecule has 148 valence electrons. The van der Waals surface area contributed by atoms with Crippen LogP contribution in [0.2, 0.25) is 10.0 Å². The summed E-state index contributed by atoms with van der Waals surface area (Å²) in [6.07, 6.45) is 9.90. The SMILES string of the molecule is O=C(c1cncc(CSc2c(Cl)cccc2Cl)c1)N1CC[C@@H]2CCCC[C@@H]2C1. The first-order valence-corrected chi connectivity index (χ1v) is 11.7. The molecule has 4 rings (SSSR count). The number of benzene rings is 1. The number of carbonyl (C=O) groups excluding carboxylic acids is 1. The number of aromatic nitrogens is 1. The number of nitrogens with zero attached hydrogens (tertiary/aromatic N) is 2. The number of amides is 1. The van der Waals surface area contributed by atoms with E-state index in [1.54, 1.807) is 18.0 Å². The standard InChI is InChI=1S/C22H24Cl2N2OS/c23-19-6-3-7-20(24)21(19)28-14-15-10-18(12-25-11-15)22(27)26-9-8-16-4-1-2-5-17(16)13-26/h3,6-7,10-12,16-17H,1-2,4-5,8-9,13-14H2/t16-,17+/m0/s1. The van der Waals surface area contributed by atoms with Crippen molar-refractivity contribution < 1.29 is 4.79 Å².